The molecule has 5 heteroatoms. The predicted molar refractivity (Wildman–Crippen MR) is 74.3 cm³/mol. The molecular weight excluding hydrogens is 262 g/mol. The Morgan fingerprint density at radius 2 is 1.73 bits per heavy atom. The summed E-state index contributed by atoms with van der Waals surface area (Å²) in [5.41, 5.74) is 1.32. The summed E-state index contributed by atoms with van der Waals surface area (Å²) in [5, 5.41) is 7.17. The van der Waals surface area contributed by atoms with Gasteiger partial charge in [-0.2, -0.15) is 0 Å². The second-order valence-corrected chi connectivity index (χ2v) is 7.08. The van der Waals surface area contributed by atoms with Crippen LogP contribution in [-0.2, 0) is 0 Å². The first kappa shape index (κ1) is 8.75. The zero-order chi connectivity index (χ0) is 9.83. The summed E-state index contributed by atoms with van der Waals surface area (Å²) < 4.78 is 6.24. The second kappa shape index (κ2) is 3.07. The fourth-order valence-corrected chi connectivity index (χ4v) is 6.12. The standard InChI is InChI=1S/C10H5NS4/c1-4-13-9-5(1)8-6(2-3-12-8)10-7(9)11-15-14-10/h1-4,11H. The molecule has 15 heavy (non-hydrogen) atoms. The molecule has 0 saturated heterocycles. The molecule has 2 aromatic heterocycles. The second-order valence-electron chi connectivity index (χ2n) is 3.30. The minimum Gasteiger partial charge on any atom is -0.318 e. The number of hydrogen-bond donors (Lipinski definition) is 1. The zero-order valence-corrected chi connectivity index (χ0v) is 10.7. The minimum absolute atomic E-state index is 1.32. The van der Waals surface area contributed by atoms with Crippen molar-refractivity contribution in [3.8, 4) is 0 Å². The maximum Gasteiger partial charge on any atom is 0.0781 e. The van der Waals surface area contributed by atoms with Crippen molar-refractivity contribution in [2.75, 3.05) is 4.72 Å². The summed E-state index contributed by atoms with van der Waals surface area (Å²) in [4.78, 5) is 1.41. The maximum atomic E-state index is 3.41. The molecule has 74 valence electrons. The predicted octanol–water partition coefficient (Wildman–Crippen LogP) is 5.20. The van der Waals surface area contributed by atoms with E-state index in [4.69, 9.17) is 0 Å². The van der Waals surface area contributed by atoms with Crippen molar-refractivity contribution in [3.63, 3.8) is 0 Å². The molecule has 0 saturated carbocycles. The largest absolute Gasteiger partial charge is 0.318 e. The molecule has 0 fully saturated rings. The molecule has 0 aliphatic carbocycles. The number of nitrogens with one attached hydrogen (secondary N) is 1. The molecule has 0 spiro atoms. The van der Waals surface area contributed by atoms with Gasteiger partial charge in [-0.05, 0) is 33.7 Å². The van der Waals surface area contributed by atoms with E-state index in [1.807, 2.05) is 33.5 Å². The summed E-state index contributed by atoms with van der Waals surface area (Å²) in [6, 6.07) is 4.46. The van der Waals surface area contributed by atoms with Crippen LogP contribution in [0.1, 0.15) is 0 Å². The van der Waals surface area contributed by atoms with Crippen LogP contribution < -0.4 is 4.72 Å². The van der Waals surface area contributed by atoms with Crippen LogP contribution in [0, 0.1) is 0 Å². The molecule has 1 N–H and O–H groups in total. The van der Waals surface area contributed by atoms with E-state index >= 15 is 0 Å². The number of thiophene rings is 2. The highest BCUT2D eigenvalue weighted by Gasteiger charge is 2.21. The van der Waals surface area contributed by atoms with E-state index in [0.29, 0.717) is 0 Å². The average Bonchev–Trinajstić information content (AvgIpc) is 2.97. The molecule has 4 rings (SSSR count). The van der Waals surface area contributed by atoms with Gasteiger partial charge in [0.05, 0.1) is 15.3 Å². The van der Waals surface area contributed by atoms with Crippen LogP contribution >= 0.6 is 44.4 Å². The van der Waals surface area contributed by atoms with Crippen LogP contribution in [-0.4, -0.2) is 0 Å². The number of benzene rings is 1. The Bertz CT molecular complexity index is 609. The molecule has 0 unspecified atom stereocenters. The third-order valence-corrected chi connectivity index (χ3v) is 6.38. The maximum absolute atomic E-state index is 3.41. The van der Waals surface area contributed by atoms with Crippen molar-refractivity contribution in [1.82, 2.24) is 0 Å². The van der Waals surface area contributed by atoms with E-state index in [9.17, 15) is 0 Å². The summed E-state index contributed by atoms with van der Waals surface area (Å²) in [6.07, 6.45) is 0. The van der Waals surface area contributed by atoms with Crippen LogP contribution in [0.3, 0.4) is 0 Å². The summed E-state index contributed by atoms with van der Waals surface area (Å²) >= 11 is 3.67. The average molecular weight is 267 g/mol. The van der Waals surface area contributed by atoms with Gasteiger partial charge in [-0.1, -0.05) is 0 Å². The van der Waals surface area contributed by atoms with E-state index in [-0.39, 0.29) is 0 Å². The van der Waals surface area contributed by atoms with Gasteiger partial charge < -0.3 is 4.72 Å². The van der Waals surface area contributed by atoms with E-state index < -0.39 is 0 Å². The number of hydrogen-bond acceptors (Lipinski definition) is 5. The Hall–Kier alpha value is -0.360. The zero-order valence-electron chi connectivity index (χ0n) is 7.44. The first-order chi connectivity index (χ1) is 7.45. The van der Waals surface area contributed by atoms with Crippen molar-refractivity contribution in [2.24, 2.45) is 0 Å². The van der Waals surface area contributed by atoms with Gasteiger partial charge in [0.15, 0.2) is 0 Å². The highest BCUT2D eigenvalue weighted by atomic mass is 33.1. The number of anilines is 1. The van der Waals surface area contributed by atoms with Gasteiger partial charge in [-0.25, -0.2) is 0 Å². The van der Waals surface area contributed by atoms with E-state index in [2.05, 4.69) is 27.6 Å². The van der Waals surface area contributed by atoms with Crippen molar-refractivity contribution >= 4 is 70.3 Å². The van der Waals surface area contributed by atoms with Crippen molar-refractivity contribution in [3.05, 3.63) is 22.9 Å². The highest BCUT2D eigenvalue weighted by Crippen LogP contribution is 2.54. The topological polar surface area (TPSA) is 12.0 Å². The lowest BCUT2D eigenvalue weighted by molar-refractivity contribution is 1.64. The molecule has 3 heterocycles. The van der Waals surface area contributed by atoms with Crippen LogP contribution in [0.4, 0.5) is 5.69 Å². The van der Waals surface area contributed by atoms with E-state index in [1.165, 1.54) is 30.8 Å². The van der Waals surface area contributed by atoms with E-state index in [0.717, 1.165) is 0 Å². The normalized spacial score (nSPS) is 14.7. The quantitative estimate of drug-likeness (QED) is 0.444. The molecule has 0 amide bonds. The van der Waals surface area contributed by atoms with Crippen LogP contribution in [0.15, 0.2) is 27.8 Å². The lowest BCUT2D eigenvalue weighted by atomic mass is 10.2. The monoisotopic (exact) mass is 267 g/mol. The lowest BCUT2D eigenvalue weighted by Crippen LogP contribution is -1.79. The molecule has 0 radical (unpaired) electrons. The third-order valence-electron chi connectivity index (χ3n) is 2.54. The van der Waals surface area contributed by atoms with Gasteiger partial charge >= 0.3 is 0 Å². The molecule has 0 bridgehead atoms. The first-order valence-electron chi connectivity index (χ1n) is 4.45. The van der Waals surface area contributed by atoms with Crippen molar-refractivity contribution in [1.29, 1.82) is 0 Å². The number of rotatable bonds is 0. The van der Waals surface area contributed by atoms with Crippen LogP contribution in [0.5, 0.6) is 0 Å². The fourth-order valence-electron chi connectivity index (χ4n) is 1.90. The summed E-state index contributed by atoms with van der Waals surface area (Å²) in [7, 11) is 3.56. The molecule has 0 atom stereocenters. The van der Waals surface area contributed by atoms with Gasteiger partial charge in [-0.3, -0.25) is 0 Å². The Balaban J connectivity index is 2.38. The molecule has 3 aromatic rings. The summed E-state index contributed by atoms with van der Waals surface area (Å²) in [6.45, 7) is 0. The van der Waals surface area contributed by atoms with Crippen molar-refractivity contribution in [2.45, 2.75) is 4.90 Å². The highest BCUT2D eigenvalue weighted by molar-refractivity contribution is 8.77. The fraction of sp³-hybridized carbons (Fsp3) is 0. The first-order valence-corrected chi connectivity index (χ1v) is 8.36. The van der Waals surface area contributed by atoms with Gasteiger partial charge in [0.25, 0.3) is 0 Å². The molecule has 1 nitrogen and oxygen atoms in total. The van der Waals surface area contributed by atoms with Crippen LogP contribution in [0.2, 0.25) is 0 Å². The summed E-state index contributed by atoms with van der Waals surface area (Å²) in [5.74, 6) is 0. The minimum atomic E-state index is 1.32. The Morgan fingerprint density at radius 3 is 2.67 bits per heavy atom. The number of fused-ring (bicyclic) bond motifs is 6. The van der Waals surface area contributed by atoms with Crippen LogP contribution in [0.25, 0.3) is 20.2 Å². The van der Waals surface area contributed by atoms with Crippen molar-refractivity contribution < 1.29 is 0 Å². The van der Waals surface area contributed by atoms with Gasteiger partial charge in [-0.15, -0.1) is 22.7 Å². The van der Waals surface area contributed by atoms with Gasteiger partial charge in [0.2, 0.25) is 0 Å². The molecular formula is C10H5NS4. The third kappa shape index (κ3) is 1.07. The Kier molecular flexibility index (Phi) is 1.79. The van der Waals surface area contributed by atoms with E-state index in [1.54, 1.807) is 11.0 Å². The molecule has 1 aromatic carbocycles. The lowest BCUT2D eigenvalue weighted by Gasteiger charge is -2.01. The van der Waals surface area contributed by atoms with Gasteiger partial charge in [0, 0.05) is 26.5 Å². The van der Waals surface area contributed by atoms with Gasteiger partial charge in [0.1, 0.15) is 0 Å². The Labute approximate surface area is 102 Å². The SMILES string of the molecule is c1cc2c(s1)c1c(c3ccsc32)SSN1. The smallest absolute Gasteiger partial charge is 0.0781 e. The Morgan fingerprint density at radius 1 is 0.933 bits per heavy atom. The molecule has 1 aliphatic rings. The molecule has 1 aliphatic heterocycles.